The minimum atomic E-state index is -3.66. The van der Waals surface area contributed by atoms with Crippen LogP contribution in [0.3, 0.4) is 0 Å². The van der Waals surface area contributed by atoms with Crippen LogP contribution < -0.4 is 10.1 Å². The number of ether oxygens (including phenoxy) is 1. The normalized spacial score (nSPS) is 14.6. The van der Waals surface area contributed by atoms with Crippen molar-refractivity contribution in [2.45, 2.75) is 50.8 Å². The van der Waals surface area contributed by atoms with Gasteiger partial charge >= 0.3 is 0 Å². The van der Waals surface area contributed by atoms with Gasteiger partial charge in [0.05, 0.1) is 16.3 Å². The van der Waals surface area contributed by atoms with E-state index in [1.165, 1.54) is 10.4 Å². The van der Waals surface area contributed by atoms with Gasteiger partial charge in [-0.25, -0.2) is 8.42 Å². The molecule has 186 valence electrons. The van der Waals surface area contributed by atoms with Crippen molar-refractivity contribution in [3.63, 3.8) is 0 Å². The van der Waals surface area contributed by atoms with Crippen LogP contribution in [-0.2, 0) is 28.3 Å². The van der Waals surface area contributed by atoms with Crippen molar-refractivity contribution in [2.24, 2.45) is 7.05 Å². The molecule has 4 rings (SSSR count). The summed E-state index contributed by atoms with van der Waals surface area (Å²) in [5, 5.41) is 7.30. The lowest BCUT2D eigenvalue weighted by molar-refractivity contribution is -0.116. The summed E-state index contributed by atoms with van der Waals surface area (Å²) >= 11 is 0. The molecule has 3 aromatic rings. The van der Waals surface area contributed by atoms with Crippen LogP contribution in [0.25, 0.3) is 0 Å². The number of aryl methyl sites for hydroxylation is 2. The predicted octanol–water partition coefficient (Wildman–Crippen LogP) is 4.58. The predicted molar refractivity (Wildman–Crippen MR) is 135 cm³/mol. The second-order valence-corrected chi connectivity index (χ2v) is 10.8. The van der Waals surface area contributed by atoms with E-state index in [1.807, 2.05) is 43.8 Å². The Bertz CT molecular complexity index is 1300. The van der Waals surface area contributed by atoms with E-state index in [2.05, 4.69) is 10.4 Å². The van der Waals surface area contributed by atoms with Gasteiger partial charge in [-0.2, -0.15) is 9.40 Å². The average molecular weight is 497 g/mol. The Kier molecular flexibility index (Phi) is 7.57. The third-order valence-corrected chi connectivity index (χ3v) is 8.30. The lowest BCUT2D eigenvalue weighted by Gasteiger charge is -2.26. The van der Waals surface area contributed by atoms with Gasteiger partial charge in [0.15, 0.2) is 5.75 Å². The highest BCUT2D eigenvalue weighted by atomic mass is 32.2. The highest BCUT2D eigenvalue weighted by Gasteiger charge is 2.27. The van der Waals surface area contributed by atoms with Gasteiger partial charge < -0.3 is 10.1 Å². The second-order valence-electron chi connectivity index (χ2n) is 8.86. The summed E-state index contributed by atoms with van der Waals surface area (Å²) in [5.41, 5.74) is 3.31. The number of piperidine rings is 1. The summed E-state index contributed by atoms with van der Waals surface area (Å²) in [5.74, 6) is 0.755. The maximum atomic E-state index is 13.2. The third kappa shape index (κ3) is 5.74. The molecule has 8 nitrogen and oxygen atoms in total. The molecule has 1 saturated heterocycles. The quantitative estimate of drug-likeness (QED) is 0.493. The Morgan fingerprint density at radius 3 is 2.43 bits per heavy atom. The molecule has 2 aromatic carbocycles. The molecule has 1 N–H and O–H groups in total. The smallest absolute Gasteiger partial charge is 0.243 e. The Morgan fingerprint density at radius 2 is 1.77 bits per heavy atom. The van der Waals surface area contributed by atoms with Crippen LogP contribution in [0.2, 0.25) is 0 Å². The number of benzene rings is 2. The molecule has 2 heterocycles. The molecule has 0 spiro atoms. The number of nitrogens with one attached hydrogen (secondary N) is 1. The zero-order chi connectivity index (χ0) is 25.0. The highest BCUT2D eigenvalue weighted by molar-refractivity contribution is 7.89. The molecule has 0 unspecified atom stereocenters. The van der Waals surface area contributed by atoms with Crippen LogP contribution in [0.4, 0.5) is 5.69 Å². The number of carbonyl (C=O) groups excluding carboxylic acids is 1. The average Bonchev–Trinajstić information content (AvgIpc) is 3.10. The molecule has 0 aliphatic carbocycles. The minimum Gasteiger partial charge on any atom is -0.455 e. The van der Waals surface area contributed by atoms with E-state index in [1.54, 1.807) is 24.3 Å². The van der Waals surface area contributed by atoms with E-state index in [9.17, 15) is 13.2 Å². The fraction of sp³-hybridized carbons (Fsp3) is 0.385. The molecular formula is C26H32N4O4S. The number of aromatic nitrogens is 2. The summed E-state index contributed by atoms with van der Waals surface area (Å²) in [7, 11) is -1.78. The molecular weight excluding hydrogens is 464 g/mol. The topological polar surface area (TPSA) is 93.5 Å². The Labute approximate surface area is 207 Å². The van der Waals surface area contributed by atoms with Crippen LogP contribution in [0.5, 0.6) is 11.5 Å². The third-order valence-electron chi connectivity index (χ3n) is 6.41. The van der Waals surface area contributed by atoms with Gasteiger partial charge in [0, 0.05) is 32.3 Å². The standard InChI is InChI=1S/C26H32N4O4S/c1-19-23(20(2)29(3)28-19)13-15-26(31)27-24-18-22(35(32,33)30-16-8-5-9-17-30)12-14-25(24)34-21-10-6-4-7-11-21/h4,6-7,10-12,14,18H,5,8-9,13,15-17H2,1-3H3,(H,27,31). The van der Waals surface area contributed by atoms with Gasteiger partial charge in [0.2, 0.25) is 15.9 Å². The van der Waals surface area contributed by atoms with E-state index < -0.39 is 10.0 Å². The number of carbonyl (C=O) groups is 1. The SMILES string of the molecule is Cc1nn(C)c(C)c1CCC(=O)Nc1cc(S(=O)(=O)N2CCCCC2)ccc1Oc1ccccc1. The number of hydrogen-bond donors (Lipinski definition) is 1. The van der Waals surface area contributed by atoms with Gasteiger partial charge in [-0.3, -0.25) is 9.48 Å². The fourth-order valence-corrected chi connectivity index (χ4v) is 5.90. The van der Waals surface area contributed by atoms with Gasteiger partial charge in [-0.15, -0.1) is 0 Å². The van der Waals surface area contributed by atoms with Crippen molar-refractivity contribution in [3.8, 4) is 11.5 Å². The first-order chi connectivity index (χ1) is 16.8. The highest BCUT2D eigenvalue weighted by Crippen LogP contribution is 2.33. The molecule has 1 aliphatic rings. The van der Waals surface area contributed by atoms with Gasteiger partial charge in [-0.1, -0.05) is 24.6 Å². The lowest BCUT2D eigenvalue weighted by atomic mass is 10.1. The van der Waals surface area contributed by atoms with Gasteiger partial charge in [0.1, 0.15) is 5.75 Å². The molecule has 35 heavy (non-hydrogen) atoms. The first-order valence-corrected chi connectivity index (χ1v) is 13.4. The van der Waals surface area contributed by atoms with Gasteiger partial charge in [-0.05, 0) is 69.0 Å². The molecule has 0 atom stereocenters. The molecule has 1 fully saturated rings. The maximum Gasteiger partial charge on any atom is 0.243 e. The van der Waals surface area contributed by atoms with Crippen molar-refractivity contribution < 1.29 is 17.9 Å². The first kappa shape index (κ1) is 24.9. The number of anilines is 1. The zero-order valence-electron chi connectivity index (χ0n) is 20.5. The van der Waals surface area contributed by atoms with E-state index in [-0.39, 0.29) is 17.2 Å². The molecule has 9 heteroatoms. The summed E-state index contributed by atoms with van der Waals surface area (Å²) in [4.78, 5) is 13.1. The van der Waals surface area contributed by atoms with E-state index in [0.29, 0.717) is 36.7 Å². The summed E-state index contributed by atoms with van der Waals surface area (Å²) in [6.45, 7) is 4.93. The molecule has 1 aromatic heterocycles. The van der Waals surface area contributed by atoms with Crippen LogP contribution in [0.1, 0.15) is 42.6 Å². The number of para-hydroxylation sites is 1. The Morgan fingerprint density at radius 1 is 1.06 bits per heavy atom. The number of amides is 1. The molecule has 0 bridgehead atoms. The van der Waals surface area contributed by atoms with Crippen molar-refractivity contribution in [3.05, 3.63) is 65.5 Å². The molecule has 1 amide bonds. The maximum absolute atomic E-state index is 13.2. The Balaban J connectivity index is 1.58. The zero-order valence-corrected chi connectivity index (χ0v) is 21.3. The van der Waals surface area contributed by atoms with E-state index in [0.717, 1.165) is 36.2 Å². The molecule has 1 aliphatic heterocycles. The summed E-state index contributed by atoms with van der Waals surface area (Å²) < 4.78 is 35.8. The van der Waals surface area contributed by atoms with E-state index >= 15 is 0 Å². The van der Waals surface area contributed by atoms with Crippen molar-refractivity contribution in [1.29, 1.82) is 0 Å². The summed E-state index contributed by atoms with van der Waals surface area (Å²) in [6, 6.07) is 13.8. The first-order valence-electron chi connectivity index (χ1n) is 11.9. The minimum absolute atomic E-state index is 0.147. The van der Waals surface area contributed by atoms with Crippen molar-refractivity contribution in [1.82, 2.24) is 14.1 Å². The Hall–Kier alpha value is -3.17. The molecule has 0 saturated carbocycles. The van der Waals surface area contributed by atoms with Crippen molar-refractivity contribution in [2.75, 3.05) is 18.4 Å². The largest absolute Gasteiger partial charge is 0.455 e. The monoisotopic (exact) mass is 496 g/mol. The van der Waals surface area contributed by atoms with Crippen LogP contribution in [0.15, 0.2) is 53.4 Å². The molecule has 0 radical (unpaired) electrons. The summed E-state index contributed by atoms with van der Waals surface area (Å²) in [6.07, 6.45) is 3.52. The fourth-order valence-electron chi connectivity index (χ4n) is 4.36. The number of rotatable bonds is 8. The number of hydrogen-bond acceptors (Lipinski definition) is 5. The lowest BCUT2D eigenvalue weighted by Crippen LogP contribution is -2.35. The van der Waals surface area contributed by atoms with Crippen LogP contribution in [-0.4, -0.2) is 41.5 Å². The second kappa shape index (κ2) is 10.6. The van der Waals surface area contributed by atoms with Crippen LogP contribution in [0, 0.1) is 13.8 Å². The van der Waals surface area contributed by atoms with Crippen LogP contribution >= 0.6 is 0 Å². The number of sulfonamides is 1. The van der Waals surface area contributed by atoms with Crippen molar-refractivity contribution >= 4 is 21.6 Å². The van der Waals surface area contributed by atoms with E-state index in [4.69, 9.17) is 4.74 Å². The van der Waals surface area contributed by atoms with Gasteiger partial charge in [0.25, 0.3) is 0 Å². The number of nitrogens with zero attached hydrogens (tertiary/aromatic N) is 3.